The second kappa shape index (κ2) is 6.44. The number of hydrogen-bond donors (Lipinski definition) is 1. The van der Waals surface area contributed by atoms with Crippen LogP contribution < -0.4 is 5.43 Å². The van der Waals surface area contributed by atoms with Crippen LogP contribution in [0.25, 0.3) is 0 Å². The van der Waals surface area contributed by atoms with E-state index in [1.807, 2.05) is 37.3 Å². The predicted molar refractivity (Wildman–Crippen MR) is 71.4 cm³/mol. The van der Waals surface area contributed by atoms with E-state index in [9.17, 15) is 4.79 Å². The van der Waals surface area contributed by atoms with Crippen molar-refractivity contribution in [2.45, 2.75) is 19.9 Å². The minimum absolute atomic E-state index is 0.106. The molecule has 98 valence electrons. The van der Waals surface area contributed by atoms with Gasteiger partial charge in [0.15, 0.2) is 0 Å². The van der Waals surface area contributed by atoms with Crippen LogP contribution in [0.4, 0.5) is 0 Å². The minimum atomic E-state index is -0.229. The summed E-state index contributed by atoms with van der Waals surface area (Å²) in [5.41, 5.74) is 4.38. The van der Waals surface area contributed by atoms with Gasteiger partial charge in [-0.2, -0.15) is 10.2 Å². The SMILES string of the molecule is CC/C(=N/NC(=O)Cn1cncn1)c1ccccc1. The van der Waals surface area contributed by atoms with E-state index in [1.165, 1.54) is 17.3 Å². The van der Waals surface area contributed by atoms with Crippen LogP contribution in [0.2, 0.25) is 0 Å². The molecule has 0 fully saturated rings. The van der Waals surface area contributed by atoms with Gasteiger partial charge in [0.1, 0.15) is 19.2 Å². The van der Waals surface area contributed by atoms with Crippen molar-refractivity contribution in [3.8, 4) is 0 Å². The third kappa shape index (κ3) is 3.74. The Morgan fingerprint density at radius 3 is 2.79 bits per heavy atom. The first-order chi connectivity index (χ1) is 9.29. The van der Waals surface area contributed by atoms with Crippen LogP contribution >= 0.6 is 0 Å². The van der Waals surface area contributed by atoms with Crippen LogP contribution in [0.1, 0.15) is 18.9 Å². The van der Waals surface area contributed by atoms with Gasteiger partial charge in [-0.05, 0) is 12.0 Å². The largest absolute Gasteiger partial charge is 0.271 e. The molecule has 0 saturated heterocycles. The first-order valence-electron chi connectivity index (χ1n) is 6.03. The molecule has 0 atom stereocenters. The van der Waals surface area contributed by atoms with E-state index < -0.39 is 0 Å². The molecule has 6 nitrogen and oxygen atoms in total. The number of aromatic nitrogens is 3. The Balaban J connectivity index is 1.98. The van der Waals surface area contributed by atoms with E-state index >= 15 is 0 Å². The van der Waals surface area contributed by atoms with Gasteiger partial charge >= 0.3 is 0 Å². The zero-order chi connectivity index (χ0) is 13.5. The number of nitrogens with one attached hydrogen (secondary N) is 1. The Bertz CT molecular complexity index is 548. The first-order valence-corrected chi connectivity index (χ1v) is 6.03. The molecule has 6 heteroatoms. The molecule has 0 bridgehead atoms. The first kappa shape index (κ1) is 12.9. The summed E-state index contributed by atoms with van der Waals surface area (Å²) in [6, 6.07) is 9.76. The lowest BCUT2D eigenvalue weighted by molar-refractivity contribution is -0.121. The molecule has 0 aliphatic rings. The number of carbonyl (C=O) groups excluding carboxylic acids is 1. The van der Waals surface area contributed by atoms with Crippen LogP contribution in [-0.2, 0) is 11.3 Å². The molecule has 19 heavy (non-hydrogen) atoms. The Morgan fingerprint density at radius 1 is 1.37 bits per heavy atom. The van der Waals surface area contributed by atoms with Gasteiger partial charge < -0.3 is 0 Å². The van der Waals surface area contributed by atoms with E-state index in [2.05, 4.69) is 20.6 Å². The molecule has 0 unspecified atom stereocenters. The predicted octanol–water partition coefficient (Wildman–Crippen LogP) is 1.21. The number of hydrazone groups is 1. The molecule has 1 N–H and O–H groups in total. The molecule has 0 spiro atoms. The van der Waals surface area contributed by atoms with Gasteiger partial charge in [0.25, 0.3) is 5.91 Å². The Hall–Kier alpha value is -2.50. The molecule has 0 aliphatic carbocycles. The number of hydrogen-bond acceptors (Lipinski definition) is 4. The fraction of sp³-hybridized carbons (Fsp3) is 0.231. The molecule has 1 aromatic heterocycles. The summed E-state index contributed by atoms with van der Waals surface area (Å²) < 4.78 is 1.44. The lowest BCUT2D eigenvalue weighted by Crippen LogP contribution is -2.24. The molecule has 0 radical (unpaired) electrons. The van der Waals surface area contributed by atoms with Crippen molar-refractivity contribution >= 4 is 11.6 Å². The summed E-state index contributed by atoms with van der Waals surface area (Å²) >= 11 is 0. The molecule has 2 rings (SSSR count). The second-order valence-corrected chi connectivity index (χ2v) is 3.91. The van der Waals surface area contributed by atoms with Crippen molar-refractivity contribution in [1.29, 1.82) is 0 Å². The van der Waals surface area contributed by atoms with E-state index in [0.717, 1.165) is 17.7 Å². The fourth-order valence-electron chi connectivity index (χ4n) is 1.60. The molecular weight excluding hydrogens is 242 g/mol. The molecule has 1 heterocycles. The number of benzene rings is 1. The van der Waals surface area contributed by atoms with Crippen molar-refractivity contribution in [3.05, 3.63) is 48.5 Å². The highest BCUT2D eigenvalue weighted by molar-refractivity contribution is 6.00. The standard InChI is InChI=1S/C13H15N5O/c1-2-12(11-6-4-3-5-7-11)16-17-13(19)8-18-10-14-9-15-18/h3-7,9-10H,2,8H2,1H3,(H,17,19)/b16-12-. The van der Waals surface area contributed by atoms with Gasteiger partial charge in [-0.1, -0.05) is 37.3 Å². The molecule has 0 aliphatic heterocycles. The normalized spacial score (nSPS) is 11.3. The maximum Gasteiger partial charge on any atom is 0.261 e. The van der Waals surface area contributed by atoms with Crippen molar-refractivity contribution in [3.63, 3.8) is 0 Å². The van der Waals surface area contributed by atoms with Gasteiger partial charge in [0, 0.05) is 0 Å². The summed E-state index contributed by atoms with van der Waals surface area (Å²) in [6.07, 6.45) is 3.62. The molecule has 1 aromatic carbocycles. The van der Waals surface area contributed by atoms with Crippen LogP contribution in [-0.4, -0.2) is 26.4 Å². The average molecular weight is 257 g/mol. The summed E-state index contributed by atoms with van der Waals surface area (Å²) in [7, 11) is 0. The summed E-state index contributed by atoms with van der Waals surface area (Å²) in [4.78, 5) is 15.4. The van der Waals surface area contributed by atoms with E-state index in [0.29, 0.717) is 0 Å². The number of amides is 1. The Morgan fingerprint density at radius 2 is 2.16 bits per heavy atom. The maximum atomic E-state index is 11.7. The lowest BCUT2D eigenvalue weighted by Gasteiger charge is -2.05. The summed E-state index contributed by atoms with van der Waals surface area (Å²) in [5, 5.41) is 8.01. The zero-order valence-corrected chi connectivity index (χ0v) is 10.7. The van der Waals surface area contributed by atoms with Gasteiger partial charge in [-0.3, -0.25) is 4.79 Å². The quantitative estimate of drug-likeness (QED) is 0.646. The Labute approximate surface area is 111 Å². The Kier molecular flexibility index (Phi) is 4.39. The van der Waals surface area contributed by atoms with E-state index in [1.54, 1.807) is 0 Å². The lowest BCUT2D eigenvalue weighted by atomic mass is 10.1. The van der Waals surface area contributed by atoms with Crippen molar-refractivity contribution in [2.75, 3.05) is 0 Å². The van der Waals surface area contributed by atoms with Crippen molar-refractivity contribution in [1.82, 2.24) is 20.2 Å². The van der Waals surface area contributed by atoms with Gasteiger partial charge in [0.05, 0.1) is 5.71 Å². The fourth-order valence-corrected chi connectivity index (χ4v) is 1.60. The van der Waals surface area contributed by atoms with Crippen LogP contribution in [0.5, 0.6) is 0 Å². The smallest absolute Gasteiger partial charge is 0.261 e. The van der Waals surface area contributed by atoms with E-state index in [4.69, 9.17) is 0 Å². The van der Waals surface area contributed by atoms with E-state index in [-0.39, 0.29) is 12.5 Å². The maximum absolute atomic E-state index is 11.7. The van der Waals surface area contributed by atoms with Crippen molar-refractivity contribution < 1.29 is 4.79 Å². The van der Waals surface area contributed by atoms with Crippen LogP contribution in [0, 0.1) is 0 Å². The number of nitrogens with zero attached hydrogens (tertiary/aromatic N) is 4. The number of carbonyl (C=O) groups is 1. The monoisotopic (exact) mass is 257 g/mol. The summed E-state index contributed by atoms with van der Waals surface area (Å²) in [5.74, 6) is -0.229. The molecule has 1 amide bonds. The third-order valence-corrected chi connectivity index (χ3v) is 2.53. The minimum Gasteiger partial charge on any atom is -0.271 e. The van der Waals surface area contributed by atoms with Gasteiger partial charge in [-0.25, -0.2) is 15.1 Å². The number of rotatable bonds is 5. The van der Waals surface area contributed by atoms with Gasteiger partial charge in [-0.15, -0.1) is 0 Å². The highest BCUT2D eigenvalue weighted by Crippen LogP contribution is 2.03. The van der Waals surface area contributed by atoms with Crippen molar-refractivity contribution in [2.24, 2.45) is 5.10 Å². The average Bonchev–Trinajstić information content (AvgIpc) is 2.93. The van der Waals surface area contributed by atoms with Crippen LogP contribution in [0.15, 0.2) is 48.1 Å². The topological polar surface area (TPSA) is 72.2 Å². The second-order valence-electron chi connectivity index (χ2n) is 3.91. The summed E-state index contributed by atoms with van der Waals surface area (Å²) in [6.45, 7) is 2.10. The molecular formula is C13H15N5O. The van der Waals surface area contributed by atoms with Gasteiger partial charge in [0.2, 0.25) is 0 Å². The molecule has 0 saturated carbocycles. The van der Waals surface area contributed by atoms with Crippen LogP contribution in [0.3, 0.4) is 0 Å². The zero-order valence-electron chi connectivity index (χ0n) is 10.7. The molecule has 2 aromatic rings. The highest BCUT2D eigenvalue weighted by Gasteiger charge is 2.04. The highest BCUT2D eigenvalue weighted by atomic mass is 16.2. The third-order valence-electron chi connectivity index (χ3n) is 2.53.